The predicted molar refractivity (Wildman–Crippen MR) is 102 cm³/mol. The molecule has 2 aromatic rings. The second-order valence-electron chi connectivity index (χ2n) is 6.43. The molecule has 3 N–H and O–H groups in total. The van der Waals surface area contributed by atoms with Gasteiger partial charge in [0.25, 0.3) is 11.7 Å². The number of rotatable bonds is 6. The number of ketones is 1. The van der Waals surface area contributed by atoms with E-state index in [-0.39, 0.29) is 35.8 Å². The van der Waals surface area contributed by atoms with Crippen molar-refractivity contribution in [3.05, 3.63) is 65.2 Å². The smallest absolute Gasteiger partial charge is 0.305 e. The zero-order chi connectivity index (χ0) is 21.1. The van der Waals surface area contributed by atoms with Gasteiger partial charge in [0.1, 0.15) is 5.76 Å². The Balaban J connectivity index is 2.18. The van der Waals surface area contributed by atoms with Crippen LogP contribution in [0, 0.1) is 0 Å². The Morgan fingerprint density at radius 3 is 2.41 bits per heavy atom. The van der Waals surface area contributed by atoms with E-state index in [0.717, 1.165) is 4.90 Å². The van der Waals surface area contributed by atoms with E-state index in [9.17, 15) is 24.6 Å². The number of carboxylic acid groups (broad SMARTS) is 1. The molecule has 2 aromatic carbocycles. The van der Waals surface area contributed by atoms with E-state index in [2.05, 4.69) is 0 Å². The van der Waals surface area contributed by atoms with Crippen LogP contribution in [0.15, 0.2) is 54.1 Å². The van der Waals surface area contributed by atoms with Crippen molar-refractivity contribution in [2.24, 2.45) is 0 Å². The number of benzene rings is 2. The van der Waals surface area contributed by atoms with Crippen LogP contribution in [0.5, 0.6) is 11.5 Å². The lowest BCUT2D eigenvalue weighted by atomic mass is 9.95. The van der Waals surface area contributed by atoms with Gasteiger partial charge in [-0.25, -0.2) is 0 Å². The van der Waals surface area contributed by atoms with Crippen LogP contribution in [0.1, 0.15) is 23.6 Å². The van der Waals surface area contributed by atoms with E-state index in [1.54, 1.807) is 30.3 Å². The fourth-order valence-corrected chi connectivity index (χ4v) is 3.29. The van der Waals surface area contributed by atoms with Crippen LogP contribution in [0.3, 0.4) is 0 Å². The molecule has 0 aromatic heterocycles. The van der Waals surface area contributed by atoms with Gasteiger partial charge >= 0.3 is 5.97 Å². The number of phenolic OH excluding ortho intramolecular Hbond substituents is 1. The van der Waals surface area contributed by atoms with Gasteiger partial charge in [-0.1, -0.05) is 36.4 Å². The van der Waals surface area contributed by atoms with Crippen LogP contribution in [0.25, 0.3) is 5.76 Å². The van der Waals surface area contributed by atoms with E-state index >= 15 is 0 Å². The summed E-state index contributed by atoms with van der Waals surface area (Å²) in [5, 5.41) is 29.7. The van der Waals surface area contributed by atoms with E-state index in [4.69, 9.17) is 9.84 Å². The maximum Gasteiger partial charge on any atom is 0.305 e. The highest BCUT2D eigenvalue weighted by Gasteiger charge is 2.46. The number of nitrogens with zero attached hydrogens (tertiary/aromatic N) is 1. The van der Waals surface area contributed by atoms with Crippen LogP contribution in [-0.2, 0) is 14.4 Å². The van der Waals surface area contributed by atoms with Gasteiger partial charge in [0.05, 0.1) is 25.1 Å². The summed E-state index contributed by atoms with van der Waals surface area (Å²) in [4.78, 5) is 37.5. The fourth-order valence-electron chi connectivity index (χ4n) is 3.29. The molecular weight excluding hydrogens is 378 g/mol. The molecule has 1 atom stereocenters. The third-order valence-corrected chi connectivity index (χ3v) is 4.67. The minimum atomic E-state index is -1.13. The molecule has 1 aliphatic heterocycles. The SMILES string of the molecule is COc1cc(C2/C(=C(/O)c3ccccc3)C(=O)C(=O)N2CCC(=O)O)ccc1O. The average Bonchev–Trinajstić information content (AvgIpc) is 2.97. The molecule has 8 nitrogen and oxygen atoms in total. The first-order valence-electron chi connectivity index (χ1n) is 8.77. The van der Waals surface area contributed by atoms with Crippen molar-refractivity contribution in [1.29, 1.82) is 0 Å². The van der Waals surface area contributed by atoms with Crippen molar-refractivity contribution in [3.8, 4) is 11.5 Å². The lowest BCUT2D eigenvalue weighted by molar-refractivity contribution is -0.142. The molecular formula is C21H19NO7. The first-order chi connectivity index (χ1) is 13.8. The molecule has 3 rings (SSSR count). The number of carbonyl (C=O) groups is 3. The standard InChI is InChI=1S/C21H19NO7/c1-29-15-11-13(7-8-14(15)23)18-17(19(26)12-5-3-2-4-6-12)20(27)21(28)22(18)10-9-16(24)25/h2-8,11,18,23,26H,9-10H2,1H3,(H,24,25)/b19-17-. The fraction of sp³-hybridized carbons (Fsp3) is 0.190. The number of aromatic hydroxyl groups is 1. The molecule has 0 spiro atoms. The van der Waals surface area contributed by atoms with Crippen LogP contribution in [0.4, 0.5) is 0 Å². The van der Waals surface area contributed by atoms with Crippen molar-refractivity contribution in [3.63, 3.8) is 0 Å². The molecule has 29 heavy (non-hydrogen) atoms. The summed E-state index contributed by atoms with van der Waals surface area (Å²) in [6.45, 7) is -0.223. The predicted octanol–water partition coefficient (Wildman–Crippen LogP) is 2.30. The molecule has 0 radical (unpaired) electrons. The average molecular weight is 397 g/mol. The van der Waals surface area contributed by atoms with Crippen molar-refractivity contribution in [2.45, 2.75) is 12.5 Å². The quantitative estimate of drug-likeness (QED) is 0.388. The number of carboxylic acids is 1. The summed E-state index contributed by atoms with van der Waals surface area (Å²) in [5.74, 6) is -3.32. The van der Waals surface area contributed by atoms with Crippen molar-refractivity contribution in [1.82, 2.24) is 4.90 Å². The third-order valence-electron chi connectivity index (χ3n) is 4.67. The summed E-state index contributed by atoms with van der Waals surface area (Å²) in [5.41, 5.74) is 0.584. The summed E-state index contributed by atoms with van der Waals surface area (Å²) in [6.07, 6.45) is -0.371. The Morgan fingerprint density at radius 1 is 1.10 bits per heavy atom. The number of phenols is 1. The highest BCUT2D eigenvalue weighted by atomic mass is 16.5. The minimum Gasteiger partial charge on any atom is -0.507 e. The Morgan fingerprint density at radius 2 is 1.79 bits per heavy atom. The first kappa shape index (κ1) is 19.9. The number of likely N-dealkylation sites (tertiary alicyclic amines) is 1. The molecule has 150 valence electrons. The van der Waals surface area contributed by atoms with Crippen LogP contribution < -0.4 is 4.74 Å². The Kier molecular flexibility index (Phi) is 5.54. The number of carbonyl (C=O) groups excluding carboxylic acids is 2. The lowest BCUT2D eigenvalue weighted by Crippen LogP contribution is -2.31. The first-order valence-corrected chi connectivity index (χ1v) is 8.77. The van der Waals surface area contributed by atoms with Crippen LogP contribution >= 0.6 is 0 Å². The number of amides is 1. The molecule has 1 heterocycles. The number of aliphatic hydroxyl groups excluding tert-OH is 1. The van der Waals surface area contributed by atoms with Crippen molar-refractivity contribution >= 4 is 23.4 Å². The van der Waals surface area contributed by atoms with Gasteiger partial charge in [-0.2, -0.15) is 0 Å². The van der Waals surface area contributed by atoms with E-state index in [1.165, 1.54) is 25.3 Å². The van der Waals surface area contributed by atoms with Gasteiger partial charge < -0.3 is 25.0 Å². The zero-order valence-corrected chi connectivity index (χ0v) is 15.5. The molecule has 1 amide bonds. The monoisotopic (exact) mass is 397 g/mol. The number of methoxy groups -OCH3 is 1. The number of hydrogen-bond donors (Lipinski definition) is 3. The van der Waals surface area contributed by atoms with Gasteiger partial charge in [-0.15, -0.1) is 0 Å². The van der Waals surface area contributed by atoms with Gasteiger partial charge in [-0.05, 0) is 17.7 Å². The summed E-state index contributed by atoms with van der Waals surface area (Å²) in [6, 6.07) is 11.5. The molecule has 0 saturated carbocycles. The maximum atomic E-state index is 12.7. The number of aliphatic carboxylic acids is 1. The molecule has 8 heteroatoms. The van der Waals surface area contributed by atoms with Crippen molar-refractivity contribution < 1.29 is 34.4 Å². The molecule has 0 bridgehead atoms. The molecule has 1 unspecified atom stereocenters. The Hall–Kier alpha value is -3.81. The number of aliphatic hydroxyl groups is 1. The highest BCUT2D eigenvalue weighted by Crippen LogP contribution is 2.41. The van der Waals surface area contributed by atoms with E-state index in [1.807, 2.05) is 0 Å². The second-order valence-corrected chi connectivity index (χ2v) is 6.43. The summed E-state index contributed by atoms with van der Waals surface area (Å²) < 4.78 is 5.10. The number of hydrogen-bond acceptors (Lipinski definition) is 6. The van der Waals surface area contributed by atoms with E-state index < -0.39 is 23.7 Å². The molecule has 1 aliphatic rings. The third kappa shape index (κ3) is 3.77. The zero-order valence-electron chi connectivity index (χ0n) is 15.5. The maximum absolute atomic E-state index is 12.7. The number of Topliss-reactive ketones (excluding diaryl/α,β-unsaturated/α-hetero) is 1. The normalized spacial score (nSPS) is 18.1. The van der Waals surface area contributed by atoms with Gasteiger partial charge in [0.2, 0.25) is 0 Å². The van der Waals surface area contributed by atoms with Gasteiger partial charge in [0.15, 0.2) is 11.5 Å². The molecule has 1 saturated heterocycles. The minimum absolute atomic E-state index is 0.117. The summed E-state index contributed by atoms with van der Waals surface area (Å²) in [7, 11) is 1.35. The topological polar surface area (TPSA) is 124 Å². The summed E-state index contributed by atoms with van der Waals surface area (Å²) >= 11 is 0. The molecule has 1 fully saturated rings. The highest BCUT2D eigenvalue weighted by molar-refractivity contribution is 6.46. The largest absolute Gasteiger partial charge is 0.507 e. The lowest BCUT2D eigenvalue weighted by Gasteiger charge is -2.25. The second kappa shape index (κ2) is 8.05. The van der Waals surface area contributed by atoms with Crippen LogP contribution in [0.2, 0.25) is 0 Å². The van der Waals surface area contributed by atoms with Gasteiger partial charge in [-0.3, -0.25) is 14.4 Å². The Labute approximate surface area is 166 Å². The Bertz CT molecular complexity index is 997. The van der Waals surface area contributed by atoms with E-state index in [0.29, 0.717) is 11.1 Å². The number of ether oxygens (including phenoxy) is 1. The van der Waals surface area contributed by atoms with Crippen LogP contribution in [-0.4, -0.2) is 51.5 Å². The van der Waals surface area contributed by atoms with Crippen molar-refractivity contribution in [2.75, 3.05) is 13.7 Å². The molecule has 0 aliphatic carbocycles. The van der Waals surface area contributed by atoms with Gasteiger partial charge in [0, 0.05) is 12.1 Å².